The zero-order valence-electron chi connectivity index (χ0n) is 66.6. The number of aromatic nitrogens is 2. The number of phenols is 2. The number of hydrogen-bond acceptors (Lipinski definition) is 4. The van der Waals surface area contributed by atoms with E-state index in [0.29, 0.717) is 19.6 Å². The van der Waals surface area contributed by atoms with Gasteiger partial charge in [0.1, 0.15) is 23.0 Å². The molecule has 2 aliphatic rings. The third-order valence-electron chi connectivity index (χ3n) is 22.7. The predicted molar refractivity (Wildman–Crippen MR) is 432 cm³/mol. The van der Waals surface area contributed by atoms with Crippen LogP contribution < -0.4 is 9.47 Å². The molecule has 8 aromatic carbocycles. The van der Waals surface area contributed by atoms with Crippen molar-refractivity contribution < 1.29 is 19.7 Å². The van der Waals surface area contributed by atoms with Crippen LogP contribution >= 0.6 is 0 Å². The van der Waals surface area contributed by atoms with Gasteiger partial charge in [-0.05, 0) is 249 Å². The van der Waals surface area contributed by atoms with E-state index in [-0.39, 0.29) is 54.8 Å². The Bertz CT molecular complexity index is 4390. The Labute approximate surface area is 607 Å². The first kappa shape index (κ1) is 73.3. The number of aromatic hydroxyl groups is 2. The normalized spacial score (nSPS) is 14.8. The molecule has 6 nitrogen and oxygen atoms in total. The third kappa shape index (κ3) is 14.5. The molecule has 0 aliphatic heterocycles. The summed E-state index contributed by atoms with van der Waals surface area (Å²) in [5.41, 5.74) is 23.8. The molecule has 2 aliphatic carbocycles. The molecule has 0 unspecified atom stereocenters. The van der Waals surface area contributed by atoms with Crippen molar-refractivity contribution in [2.45, 2.75) is 282 Å². The zero-order valence-corrected chi connectivity index (χ0v) is 66.6. The lowest BCUT2D eigenvalue weighted by Crippen LogP contribution is -2.25. The Morgan fingerprint density at radius 2 is 0.614 bits per heavy atom. The first-order valence-corrected chi connectivity index (χ1v) is 38.5. The van der Waals surface area contributed by atoms with Gasteiger partial charge in [-0.3, -0.25) is 0 Å². The average Bonchev–Trinajstić information content (AvgIpc) is 1.55. The fourth-order valence-electron chi connectivity index (χ4n) is 17.8. The quantitative estimate of drug-likeness (QED) is 0.0841. The van der Waals surface area contributed by atoms with Crippen LogP contribution in [0.2, 0.25) is 0 Å². The lowest BCUT2D eigenvalue weighted by molar-refractivity contribution is 0.245. The van der Waals surface area contributed by atoms with Crippen molar-refractivity contribution in [1.82, 2.24) is 9.13 Å². The number of hydrogen-bond donors (Lipinski definition) is 2. The van der Waals surface area contributed by atoms with E-state index in [0.717, 1.165) is 144 Å². The summed E-state index contributed by atoms with van der Waals surface area (Å²) in [5.74, 6) is 2.29. The van der Waals surface area contributed by atoms with E-state index in [1.165, 1.54) is 88.3 Å². The van der Waals surface area contributed by atoms with E-state index in [4.69, 9.17) is 9.47 Å². The summed E-state index contributed by atoms with van der Waals surface area (Å²) in [6.45, 7) is 56.5. The Kier molecular flexibility index (Phi) is 19.1. The van der Waals surface area contributed by atoms with Gasteiger partial charge in [-0.15, -0.1) is 0 Å². The molecule has 0 amide bonds. The minimum atomic E-state index is -0.271. The lowest BCUT2D eigenvalue weighted by atomic mass is 9.71. The summed E-state index contributed by atoms with van der Waals surface area (Å²) in [5, 5.41) is 32.2. The van der Waals surface area contributed by atoms with Gasteiger partial charge in [0.2, 0.25) is 0 Å². The van der Waals surface area contributed by atoms with Crippen LogP contribution in [0.4, 0.5) is 0 Å². The number of ether oxygens (including phenoxy) is 2. The molecule has 0 saturated heterocycles. The van der Waals surface area contributed by atoms with E-state index in [9.17, 15) is 10.2 Å². The highest BCUT2D eigenvalue weighted by molar-refractivity contribution is 6.11. The topological polar surface area (TPSA) is 68.8 Å². The maximum atomic E-state index is 13.7. The number of aryl methyl sites for hydroxylation is 2. The smallest absolute Gasteiger partial charge is 0.147 e. The summed E-state index contributed by atoms with van der Waals surface area (Å²) in [7, 11) is 0. The Morgan fingerprint density at radius 1 is 0.327 bits per heavy atom. The highest BCUT2D eigenvalue weighted by Crippen LogP contribution is 2.53. The van der Waals surface area contributed by atoms with Gasteiger partial charge in [0, 0.05) is 50.2 Å². The molecule has 101 heavy (non-hydrogen) atoms. The summed E-state index contributed by atoms with van der Waals surface area (Å²) >= 11 is 0. The second-order valence-electron chi connectivity index (χ2n) is 38.9. The maximum Gasteiger partial charge on any atom is 0.147 e. The SMILES string of the molecule is Cc1cc(-c2cc(C(C)(C)CC(C)(C)C)cc(-n3c4cc(C(C)(C)C)ccc4c4ccc(C(C)(C)C)cc43)c2O)c(OCCCOc2c(-c3cc(C(C)(C)CC(C)(C)C)cc(-n4c5cc(C(C)(C)C)ccc5c5ccc(C(C)(C)C)cc54)c3O)cc(C)c3c2CCCCC3)c2c1CCCCC2. The van der Waals surface area contributed by atoms with Crippen LogP contribution in [-0.2, 0) is 58.2 Å². The minimum Gasteiger partial charge on any atom is -0.505 e. The largest absolute Gasteiger partial charge is 0.505 e. The summed E-state index contributed by atoms with van der Waals surface area (Å²) in [4.78, 5) is 0. The molecule has 0 radical (unpaired) electrons. The summed E-state index contributed by atoms with van der Waals surface area (Å²) in [6, 6.07) is 41.9. The van der Waals surface area contributed by atoms with Gasteiger partial charge in [-0.2, -0.15) is 0 Å². The van der Waals surface area contributed by atoms with Crippen LogP contribution in [0.5, 0.6) is 23.0 Å². The van der Waals surface area contributed by atoms with Crippen LogP contribution in [0.3, 0.4) is 0 Å². The molecular formula is C95H122N2O4. The lowest BCUT2D eigenvalue weighted by Gasteiger charge is -2.34. The molecule has 536 valence electrons. The summed E-state index contributed by atoms with van der Waals surface area (Å²) < 4.78 is 19.8. The molecule has 0 saturated carbocycles. The molecule has 12 rings (SSSR count). The van der Waals surface area contributed by atoms with E-state index in [1.54, 1.807) is 0 Å². The average molecular weight is 1360 g/mol. The molecule has 0 atom stereocenters. The fraction of sp³-hybridized carbons (Fsp3) is 0.495. The second-order valence-corrected chi connectivity index (χ2v) is 38.9. The molecule has 0 spiro atoms. The van der Waals surface area contributed by atoms with Gasteiger partial charge < -0.3 is 28.8 Å². The van der Waals surface area contributed by atoms with Crippen LogP contribution in [0, 0.1) is 24.7 Å². The van der Waals surface area contributed by atoms with Crippen LogP contribution in [-0.4, -0.2) is 32.6 Å². The van der Waals surface area contributed by atoms with Crippen molar-refractivity contribution in [3.05, 3.63) is 176 Å². The van der Waals surface area contributed by atoms with Crippen LogP contribution in [0.15, 0.2) is 109 Å². The first-order valence-electron chi connectivity index (χ1n) is 38.5. The number of phenolic OH excluding ortho intramolecular Hbond substituents is 2. The van der Waals surface area contributed by atoms with Crippen molar-refractivity contribution in [2.75, 3.05) is 13.2 Å². The van der Waals surface area contributed by atoms with Crippen molar-refractivity contribution in [1.29, 1.82) is 0 Å². The van der Waals surface area contributed by atoms with Gasteiger partial charge in [0.25, 0.3) is 0 Å². The number of rotatable bonds is 14. The molecule has 2 aromatic heterocycles. The van der Waals surface area contributed by atoms with Crippen molar-refractivity contribution in [2.24, 2.45) is 10.8 Å². The molecule has 0 bridgehead atoms. The number of nitrogens with zero attached hydrogens (tertiary/aromatic N) is 2. The van der Waals surface area contributed by atoms with Gasteiger partial charge in [0.05, 0.1) is 46.7 Å². The van der Waals surface area contributed by atoms with E-state index >= 15 is 0 Å². The van der Waals surface area contributed by atoms with E-state index < -0.39 is 0 Å². The molecule has 2 heterocycles. The third-order valence-corrected chi connectivity index (χ3v) is 22.7. The summed E-state index contributed by atoms with van der Waals surface area (Å²) in [6.07, 6.45) is 13.1. The highest BCUT2D eigenvalue weighted by Gasteiger charge is 2.36. The molecule has 0 fully saturated rings. The second kappa shape index (κ2) is 26.4. The minimum absolute atomic E-state index is 0.0317. The van der Waals surface area contributed by atoms with Crippen molar-refractivity contribution in [3.63, 3.8) is 0 Å². The molecule has 10 aromatic rings. The predicted octanol–water partition coefficient (Wildman–Crippen LogP) is 26.2. The van der Waals surface area contributed by atoms with Gasteiger partial charge in [-0.25, -0.2) is 0 Å². The van der Waals surface area contributed by atoms with Crippen molar-refractivity contribution >= 4 is 43.6 Å². The first-order chi connectivity index (χ1) is 47.0. The van der Waals surface area contributed by atoms with Crippen molar-refractivity contribution in [3.8, 4) is 56.6 Å². The zero-order chi connectivity index (χ0) is 73.2. The Balaban J connectivity index is 1.01. The molecule has 6 heteroatoms. The fourth-order valence-corrected chi connectivity index (χ4v) is 17.8. The standard InChI is InChI=1S/C95H122N2O4/c1-58-46-76(74-48-64(94(21,22)56-88(3,4)5)54-82(84(74)98)96-78-50-60(90(9,10)11)36-40-68(78)69-41-37-61(51-79(69)96)91(12,13)14)86(72-34-29-25-27-32-66(58)72)100-44-31-45-101-87-73-35-30-26-28-33-67(73)59(2)47-77(87)75-49-65(95(23,24)57-89(6,7)8)55-83(85(75)99)97-80-52-62(92(15,16)17)38-42-70(80)71-43-39-63(53-81(71)97)93(18,19)20/h36-43,46-55,98-99H,25-35,44-45,56-57H2,1-24H3. The van der Waals surface area contributed by atoms with Gasteiger partial charge in [0.15, 0.2) is 0 Å². The highest BCUT2D eigenvalue weighted by atomic mass is 16.5. The van der Waals surface area contributed by atoms with Gasteiger partial charge in [-0.1, -0.05) is 214 Å². The van der Waals surface area contributed by atoms with Gasteiger partial charge >= 0.3 is 0 Å². The van der Waals surface area contributed by atoms with Crippen LogP contribution in [0.25, 0.3) is 77.2 Å². The Hall–Kier alpha value is -7.44. The maximum absolute atomic E-state index is 13.7. The van der Waals surface area contributed by atoms with Crippen LogP contribution in [0.1, 0.15) is 277 Å². The van der Waals surface area contributed by atoms with E-state index in [2.05, 4.69) is 284 Å². The Morgan fingerprint density at radius 3 is 0.891 bits per heavy atom. The van der Waals surface area contributed by atoms with E-state index in [1.807, 2.05) is 0 Å². The molecular weight excluding hydrogens is 1230 g/mol. The number of fused-ring (bicyclic) bond motifs is 8. The monoisotopic (exact) mass is 1350 g/mol. The number of benzene rings is 8. The molecule has 2 N–H and O–H groups in total.